The molecule has 0 bridgehead atoms. The number of alkyl halides is 1. The maximum absolute atomic E-state index is 11.9. The minimum atomic E-state index is -0.411. The zero-order valence-electron chi connectivity index (χ0n) is 70.3. The minimum absolute atomic E-state index is 0.0183. The number of ether oxygens (including phenoxy) is 6. The Bertz CT molecular complexity index is 4510. The van der Waals surface area contributed by atoms with Crippen LogP contribution in [0.1, 0.15) is 190 Å². The number of carbonyl (C=O) groups excluding carboxylic acids is 2. The van der Waals surface area contributed by atoms with E-state index < -0.39 is 5.97 Å². The number of aliphatic hydroxyl groups is 3. The molecule has 0 spiro atoms. The number of hydrogen-bond acceptors (Lipinski definition) is 21. The quantitative estimate of drug-likeness (QED) is 0.0173. The van der Waals surface area contributed by atoms with Gasteiger partial charge in [-0.3, -0.25) is 0 Å². The van der Waals surface area contributed by atoms with Crippen molar-refractivity contribution in [2.24, 2.45) is 0 Å². The molecule has 0 unspecified atom stereocenters. The van der Waals surface area contributed by atoms with Crippen molar-refractivity contribution in [1.29, 1.82) is 0 Å². The van der Waals surface area contributed by atoms with Crippen LogP contribution in [0.25, 0.3) is 28.4 Å². The number of aromatic hydroxyl groups is 2. The highest BCUT2D eigenvalue weighted by Crippen LogP contribution is 2.27. The Balaban J connectivity index is 0.000000163. The van der Waals surface area contributed by atoms with Crippen LogP contribution in [0, 0.1) is 34.6 Å². The number of benzene rings is 5. The number of methoxy groups -OCH3 is 1. The van der Waals surface area contributed by atoms with Gasteiger partial charge in [-0.15, -0.1) is 11.6 Å². The fraction of sp³-hybridized carbons (Fsp3) is 0.484. The molecule has 10 aromatic rings. The van der Waals surface area contributed by atoms with E-state index in [0.29, 0.717) is 43.0 Å². The maximum Gasteiger partial charge on any atom is 0.357 e. The van der Waals surface area contributed by atoms with Crippen molar-refractivity contribution in [2.75, 3.05) is 98.3 Å². The Kier molecular flexibility index (Phi) is 38.6. The van der Waals surface area contributed by atoms with E-state index in [1.807, 2.05) is 105 Å². The average Bonchev–Trinajstić information content (AvgIpc) is 1.68. The van der Waals surface area contributed by atoms with Gasteiger partial charge in [-0.25, -0.2) is 33.0 Å². The highest BCUT2D eigenvalue weighted by atomic mass is 35.5. The molecule has 8 heterocycles. The number of carbonyl (C=O) groups is 2. The molecule has 3 saturated heterocycles. The van der Waals surface area contributed by atoms with Gasteiger partial charge in [0.15, 0.2) is 11.4 Å². The summed E-state index contributed by atoms with van der Waals surface area (Å²) in [4.78, 5) is 31.2. The number of aromatic nitrogens is 10. The third kappa shape index (κ3) is 29.9. The first-order valence-corrected chi connectivity index (χ1v) is 42.5. The van der Waals surface area contributed by atoms with Crippen LogP contribution >= 0.6 is 11.6 Å². The smallest absolute Gasteiger partial charge is 0.357 e. The zero-order valence-corrected chi connectivity index (χ0v) is 71.1. The van der Waals surface area contributed by atoms with Gasteiger partial charge in [0.05, 0.1) is 140 Å². The number of aryl methyl sites for hydroxylation is 5. The molecule has 0 amide bonds. The Hall–Kier alpha value is -9.90. The van der Waals surface area contributed by atoms with Gasteiger partial charge in [-0.2, -0.15) is 25.5 Å². The lowest BCUT2D eigenvalue weighted by Crippen LogP contribution is -2.21. The second-order valence-electron chi connectivity index (χ2n) is 30.0. The van der Waals surface area contributed by atoms with Crippen molar-refractivity contribution in [3.8, 4) is 57.2 Å². The summed E-state index contributed by atoms with van der Waals surface area (Å²) in [5, 5.41) is 67.6. The Morgan fingerprint density at radius 3 is 1.07 bits per heavy atom. The van der Waals surface area contributed by atoms with Gasteiger partial charge < -0.3 is 68.7 Å². The Morgan fingerprint density at radius 2 is 0.729 bits per heavy atom. The summed E-state index contributed by atoms with van der Waals surface area (Å²) in [5.41, 5.74) is 12.0. The van der Waals surface area contributed by atoms with Crippen LogP contribution in [0.2, 0.25) is 0 Å². The maximum atomic E-state index is 11.9. The standard InChI is InChI=1S/C23H33N3O2.C18H25N3O2.C14H16N2O3.C13H14N2O3.C11H12N2O2.C7H14ClN.C5H10O/c1-19-17-21(18-28-22-7-2-3-8-22)26(24-19)20-9-11-23(12-10-20)27-16-6-15-25-13-4-5-14-25;1-15-13-17(14-22)21(19-15)16-5-7-18(8-6-16)23-12-4-11-20-9-2-3-10-20;1-4-19-14(17)13-9-10(2)15-16(13)11-5-7-12(18-3)8-6-11;1-3-18-13(17)12-8-9(2)14-15(12)10-4-6-11(16)7-5-10;1-8-6-10(7-14)13(12-8)9-2-4-11(15)5-3-9;8-4-3-7-9-5-1-2-6-9;6-5-3-1-2-4-5/h9-12,17,22H,2-8,13-16,18H2,1H3;5-8,13,22H,2-4,9-12,14H2,1H3;5-9H,4H2,1-3H3;4-8,16H,3H2,1-2H3;2-6,14-15H,7H2,1H3;1-7H2;5-6H,1-4H2. The SMILES string of the molecule is CCOC(=O)c1cc(C)nn1-c1ccc(O)cc1.CCOC(=O)c1cc(C)nn1-c1ccc(OC)cc1.Cc1cc(CO)n(-c2ccc(O)cc2)n1.Cc1cc(CO)n(-c2ccc(OCCCN3CCCC3)cc2)n1.Cc1cc(COC2CCCC2)n(-c2ccc(OCCCN3CCCC3)cc2)n1.ClCCCN1CCCC1.OC1CCCC1. The van der Waals surface area contributed by atoms with Crippen molar-refractivity contribution in [3.05, 3.63) is 209 Å². The van der Waals surface area contributed by atoms with E-state index in [4.69, 9.17) is 55.3 Å². The van der Waals surface area contributed by atoms with E-state index in [-0.39, 0.29) is 36.8 Å². The molecule has 2 aliphatic carbocycles. The van der Waals surface area contributed by atoms with Crippen LogP contribution in [0.4, 0.5) is 0 Å². The third-order valence-electron chi connectivity index (χ3n) is 20.4. The second-order valence-corrected chi connectivity index (χ2v) is 30.3. The number of aliphatic hydroxyl groups excluding tert-OH is 3. The Morgan fingerprint density at radius 1 is 0.415 bits per heavy atom. The van der Waals surface area contributed by atoms with E-state index in [1.54, 1.807) is 103 Å². The zero-order chi connectivity index (χ0) is 84.0. The van der Waals surface area contributed by atoms with Gasteiger partial charge >= 0.3 is 11.9 Å². The number of likely N-dealkylation sites (tertiary alicyclic amines) is 3. The molecule has 15 rings (SSSR count). The summed E-state index contributed by atoms with van der Waals surface area (Å²) in [6.07, 6.45) is 21.5. The largest absolute Gasteiger partial charge is 0.508 e. The van der Waals surface area contributed by atoms with E-state index in [0.717, 1.165) is 150 Å². The summed E-state index contributed by atoms with van der Waals surface area (Å²) in [6, 6.07) is 45.8. The monoisotopic (exact) mass is 1640 g/mol. The van der Waals surface area contributed by atoms with Crippen LogP contribution in [0.3, 0.4) is 0 Å². The van der Waals surface area contributed by atoms with Crippen molar-refractivity contribution in [1.82, 2.24) is 63.6 Å². The van der Waals surface area contributed by atoms with Gasteiger partial charge in [-0.05, 0) is 329 Å². The number of esters is 2. The molecule has 118 heavy (non-hydrogen) atoms. The highest BCUT2D eigenvalue weighted by Gasteiger charge is 2.22. The second kappa shape index (κ2) is 49.5. The van der Waals surface area contributed by atoms with Gasteiger partial charge in [0.2, 0.25) is 0 Å². The highest BCUT2D eigenvalue weighted by molar-refractivity contribution is 6.17. The van der Waals surface area contributed by atoms with Gasteiger partial charge in [-0.1, -0.05) is 25.7 Å². The molecule has 2 saturated carbocycles. The lowest BCUT2D eigenvalue weighted by atomic mass is 10.3. The number of phenolic OH excluding ortho intramolecular Hbond substituents is 2. The normalized spacial score (nSPS) is 14.7. The molecular weight excluding hydrogens is 1520 g/mol. The molecule has 3 aliphatic heterocycles. The predicted molar refractivity (Wildman–Crippen MR) is 459 cm³/mol. The number of halogens is 1. The van der Waals surface area contributed by atoms with Crippen molar-refractivity contribution >= 4 is 23.5 Å². The molecular formula is C91H124ClN13O13. The number of rotatable bonds is 28. The number of hydrogen-bond donors (Lipinski definition) is 5. The Labute approximate surface area is 700 Å². The first-order valence-electron chi connectivity index (χ1n) is 41.9. The molecule has 5 aromatic heterocycles. The topological polar surface area (TPSA) is 289 Å². The molecule has 5 fully saturated rings. The number of nitrogens with zero attached hydrogens (tertiary/aromatic N) is 13. The minimum Gasteiger partial charge on any atom is -0.508 e. The summed E-state index contributed by atoms with van der Waals surface area (Å²) in [7, 11) is 1.61. The van der Waals surface area contributed by atoms with Crippen LogP contribution < -0.4 is 14.2 Å². The predicted octanol–water partition coefficient (Wildman–Crippen LogP) is 15.5. The fourth-order valence-corrected chi connectivity index (χ4v) is 14.6. The molecule has 27 heteroatoms. The van der Waals surface area contributed by atoms with Crippen molar-refractivity contribution < 1.29 is 63.5 Å². The fourth-order valence-electron chi connectivity index (χ4n) is 14.5. The summed E-state index contributed by atoms with van der Waals surface area (Å²) in [5.74, 6) is 2.97. The lowest BCUT2D eigenvalue weighted by Gasteiger charge is -2.15. The molecule has 0 radical (unpaired) electrons. The van der Waals surface area contributed by atoms with Crippen LogP contribution in [-0.4, -0.2) is 212 Å². The van der Waals surface area contributed by atoms with Crippen LogP contribution in [-0.2, 0) is 34.0 Å². The van der Waals surface area contributed by atoms with E-state index in [2.05, 4.69) is 58.4 Å². The molecule has 26 nitrogen and oxygen atoms in total. The summed E-state index contributed by atoms with van der Waals surface area (Å²) < 4.78 is 41.5. The van der Waals surface area contributed by atoms with E-state index in [9.17, 15) is 19.8 Å². The summed E-state index contributed by atoms with van der Waals surface area (Å²) in [6.45, 7) is 26.8. The molecule has 5 N–H and O–H groups in total. The molecule has 638 valence electrons. The third-order valence-corrected chi connectivity index (χ3v) is 20.7. The van der Waals surface area contributed by atoms with E-state index >= 15 is 0 Å². The van der Waals surface area contributed by atoms with Gasteiger partial charge in [0.25, 0.3) is 0 Å². The van der Waals surface area contributed by atoms with Crippen LogP contribution in [0.5, 0.6) is 28.7 Å². The van der Waals surface area contributed by atoms with E-state index in [1.165, 1.54) is 128 Å². The van der Waals surface area contributed by atoms with Crippen LogP contribution in [0.15, 0.2) is 152 Å². The first kappa shape index (κ1) is 92.0. The summed E-state index contributed by atoms with van der Waals surface area (Å²) >= 11 is 5.55. The van der Waals surface area contributed by atoms with Gasteiger partial charge in [0.1, 0.15) is 28.7 Å². The number of phenols is 2. The first-order chi connectivity index (χ1) is 57.3. The lowest BCUT2D eigenvalue weighted by molar-refractivity contribution is 0.0427. The van der Waals surface area contributed by atoms with Gasteiger partial charge in [0, 0.05) is 19.0 Å². The molecule has 5 aromatic carbocycles. The van der Waals surface area contributed by atoms with Crippen molar-refractivity contribution in [2.45, 2.75) is 190 Å². The average molecular weight is 1640 g/mol. The van der Waals surface area contributed by atoms with Crippen molar-refractivity contribution in [3.63, 3.8) is 0 Å². The molecule has 5 aliphatic rings. The molecule has 0 atom stereocenters.